The number of hydrogen-bond acceptors (Lipinski definition) is 0. The van der Waals surface area contributed by atoms with E-state index in [0.29, 0.717) is 18.1 Å². The van der Waals surface area contributed by atoms with Gasteiger partial charge in [-0.25, -0.2) is 30.7 Å². The zero-order chi connectivity index (χ0) is 26.0. The molecule has 4 aromatic carbocycles. The quantitative estimate of drug-likeness (QED) is 0.127. The Labute approximate surface area is 204 Å². The maximum Gasteiger partial charge on any atom is 0.195 e. The molecule has 0 saturated carbocycles. The van der Waals surface area contributed by atoms with Crippen LogP contribution in [-0.2, 0) is 6.42 Å². The first-order valence-electron chi connectivity index (χ1n) is 11.8. The van der Waals surface area contributed by atoms with Crippen LogP contribution in [0.2, 0.25) is 0 Å². The molecular formula is C29H23F7. The van der Waals surface area contributed by atoms with Gasteiger partial charge in [-0.3, -0.25) is 0 Å². The van der Waals surface area contributed by atoms with Gasteiger partial charge in [0.2, 0.25) is 0 Å². The molecule has 0 nitrogen and oxygen atoms in total. The molecule has 0 atom stereocenters. The van der Waals surface area contributed by atoms with Crippen LogP contribution in [0.25, 0.3) is 33.0 Å². The summed E-state index contributed by atoms with van der Waals surface area (Å²) in [5.41, 5.74) is -0.159. The minimum atomic E-state index is -1.81. The van der Waals surface area contributed by atoms with E-state index in [1.807, 2.05) is 0 Å². The zero-order valence-electron chi connectivity index (χ0n) is 19.5. The van der Waals surface area contributed by atoms with Crippen LogP contribution in [0.5, 0.6) is 0 Å². The van der Waals surface area contributed by atoms with Crippen molar-refractivity contribution in [2.75, 3.05) is 0 Å². The molecule has 0 spiro atoms. The van der Waals surface area contributed by atoms with Crippen molar-refractivity contribution in [3.63, 3.8) is 0 Å². The van der Waals surface area contributed by atoms with Gasteiger partial charge < -0.3 is 0 Å². The van der Waals surface area contributed by atoms with Crippen molar-refractivity contribution in [1.82, 2.24) is 0 Å². The Balaban J connectivity index is 1.65. The molecule has 0 bridgehead atoms. The fraction of sp³-hybridized carbons (Fsp3) is 0.241. The van der Waals surface area contributed by atoms with Gasteiger partial charge in [0.1, 0.15) is 23.3 Å². The molecule has 0 unspecified atom stereocenters. The predicted octanol–water partition coefficient (Wildman–Crippen LogP) is 9.66. The highest BCUT2D eigenvalue weighted by atomic mass is 19.2. The van der Waals surface area contributed by atoms with E-state index in [1.165, 1.54) is 24.3 Å². The fourth-order valence-corrected chi connectivity index (χ4v) is 4.43. The van der Waals surface area contributed by atoms with Crippen LogP contribution >= 0.6 is 0 Å². The molecule has 0 aromatic heterocycles. The number of halogens is 7. The molecule has 4 aromatic rings. The maximum atomic E-state index is 15.0. The van der Waals surface area contributed by atoms with Crippen LogP contribution in [0.4, 0.5) is 30.7 Å². The van der Waals surface area contributed by atoms with Gasteiger partial charge in [-0.1, -0.05) is 44.7 Å². The van der Waals surface area contributed by atoms with Crippen LogP contribution < -0.4 is 0 Å². The molecule has 0 radical (unpaired) electrons. The molecule has 0 N–H and O–H groups in total. The Kier molecular flexibility index (Phi) is 7.67. The first-order valence-corrected chi connectivity index (χ1v) is 11.8. The van der Waals surface area contributed by atoms with E-state index in [9.17, 15) is 26.3 Å². The van der Waals surface area contributed by atoms with Crippen molar-refractivity contribution in [2.45, 2.75) is 45.4 Å². The summed E-state index contributed by atoms with van der Waals surface area (Å²) in [6.07, 6.45) is 5.58. The van der Waals surface area contributed by atoms with Crippen LogP contribution in [0, 0.1) is 40.7 Å². The standard InChI is InChI=1S/C29H23F7/c1-2-3-4-5-6-7-16-10-22(31)26(23(32)11-16)17-8-9-20(21(30)13-17)18-12-19-15-25(34)28(35)29(36)27(19)24(33)14-18/h8-15H,2-7H2,1H3. The number of fused-ring (bicyclic) bond motifs is 1. The molecule has 0 amide bonds. The summed E-state index contributed by atoms with van der Waals surface area (Å²) in [6.45, 7) is 2.10. The Morgan fingerprint density at radius 2 is 1.22 bits per heavy atom. The minimum Gasteiger partial charge on any atom is -0.206 e. The van der Waals surface area contributed by atoms with E-state index in [0.717, 1.165) is 50.3 Å². The Bertz CT molecular complexity index is 1400. The van der Waals surface area contributed by atoms with E-state index >= 15 is 4.39 Å². The number of hydrogen-bond donors (Lipinski definition) is 0. The van der Waals surface area contributed by atoms with Gasteiger partial charge >= 0.3 is 0 Å². The Morgan fingerprint density at radius 3 is 1.89 bits per heavy atom. The van der Waals surface area contributed by atoms with Crippen molar-refractivity contribution in [3.8, 4) is 22.3 Å². The van der Waals surface area contributed by atoms with Gasteiger partial charge in [0.05, 0.1) is 10.9 Å². The third kappa shape index (κ3) is 5.11. The average Bonchev–Trinajstić information content (AvgIpc) is 2.81. The topological polar surface area (TPSA) is 0 Å². The molecular weight excluding hydrogens is 481 g/mol. The number of rotatable bonds is 8. The van der Waals surface area contributed by atoms with Crippen LogP contribution in [0.1, 0.15) is 44.6 Å². The lowest BCUT2D eigenvalue weighted by molar-refractivity contribution is 0.451. The lowest BCUT2D eigenvalue weighted by Crippen LogP contribution is -1.97. The fourth-order valence-electron chi connectivity index (χ4n) is 4.43. The predicted molar refractivity (Wildman–Crippen MR) is 127 cm³/mol. The summed E-state index contributed by atoms with van der Waals surface area (Å²) in [5, 5.41) is -1.06. The minimum absolute atomic E-state index is 0.0545. The van der Waals surface area contributed by atoms with E-state index in [2.05, 4.69) is 6.92 Å². The molecule has 0 aliphatic carbocycles. The third-order valence-electron chi connectivity index (χ3n) is 6.26. The normalized spacial score (nSPS) is 11.4. The van der Waals surface area contributed by atoms with E-state index in [1.54, 1.807) is 0 Å². The second-order valence-corrected chi connectivity index (χ2v) is 8.84. The second kappa shape index (κ2) is 10.7. The molecule has 188 valence electrons. The van der Waals surface area contributed by atoms with Crippen LogP contribution in [-0.4, -0.2) is 0 Å². The summed E-state index contributed by atoms with van der Waals surface area (Å²) in [5.74, 6) is -8.78. The summed E-state index contributed by atoms with van der Waals surface area (Å²) in [6, 6.07) is 8.38. The van der Waals surface area contributed by atoms with Gasteiger partial charge in [-0.2, -0.15) is 0 Å². The van der Waals surface area contributed by atoms with Gasteiger partial charge in [-0.15, -0.1) is 0 Å². The highest BCUT2D eigenvalue weighted by Crippen LogP contribution is 2.35. The largest absolute Gasteiger partial charge is 0.206 e. The molecule has 0 fully saturated rings. The molecule has 0 saturated heterocycles. The molecule has 4 rings (SSSR count). The second-order valence-electron chi connectivity index (χ2n) is 8.84. The molecule has 0 aliphatic rings. The summed E-state index contributed by atoms with van der Waals surface area (Å²) < 4.78 is 100. The monoisotopic (exact) mass is 504 g/mol. The van der Waals surface area contributed by atoms with Crippen molar-refractivity contribution >= 4 is 10.8 Å². The van der Waals surface area contributed by atoms with E-state index < -0.39 is 46.1 Å². The highest BCUT2D eigenvalue weighted by Gasteiger charge is 2.20. The van der Waals surface area contributed by atoms with E-state index in [4.69, 9.17) is 0 Å². The zero-order valence-corrected chi connectivity index (χ0v) is 19.5. The van der Waals surface area contributed by atoms with Crippen molar-refractivity contribution < 1.29 is 30.7 Å². The molecule has 36 heavy (non-hydrogen) atoms. The van der Waals surface area contributed by atoms with Crippen LogP contribution in [0.15, 0.2) is 48.5 Å². The van der Waals surface area contributed by atoms with Gasteiger partial charge in [0.25, 0.3) is 0 Å². The first kappa shape index (κ1) is 25.7. The highest BCUT2D eigenvalue weighted by molar-refractivity contribution is 5.89. The van der Waals surface area contributed by atoms with E-state index in [-0.39, 0.29) is 27.6 Å². The summed E-state index contributed by atoms with van der Waals surface area (Å²) >= 11 is 0. The maximum absolute atomic E-state index is 15.0. The number of aryl methyl sites for hydroxylation is 1. The Hall–Kier alpha value is -3.35. The molecule has 7 heteroatoms. The average molecular weight is 504 g/mol. The van der Waals surface area contributed by atoms with Gasteiger partial charge in [-0.05, 0) is 71.3 Å². The van der Waals surface area contributed by atoms with Crippen LogP contribution in [0.3, 0.4) is 0 Å². The Morgan fingerprint density at radius 1 is 0.556 bits per heavy atom. The molecule has 0 heterocycles. The number of benzene rings is 4. The van der Waals surface area contributed by atoms with Crippen molar-refractivity contribution in [2.24, 2.45) is 0 Å². The van der Waals surface area contributed by atoms with Crippen molar-refractivity contribution in [3.05, 3.63) is 94.8 Å². The summed E-state index contributed by atoms with van der Waals surface area (Å²) in [7, 11) is 0. The lowest BCUT2D eigenvalue weighted by atomic mass is 9.95. The lowest BCUT2D eigenvalue weighted by Gasteiger charge is -2.12. The third-order valence-corrected chi connectivity index (χ3v) is 6.26. The SMILES string of the molecule is CCCCCCCc1cc(F)c(-c2ccc(-c3cc(F)c4c(F)c(F)c(F)cc4c3)c(F)c2)c(F)c1. The van der Waals surface area contributed by atoms with Gasteiger partial charge in [0, 0.05) is 5.56 Å². The summed E-state index contributed by atoms with van der Waals surface area (Å²) in [4.78, 5) is 0. The first-order chi connectivity index (χ1) is 17.2. The smallest absolute Gasteiger partial charge is 0.195 e. The van der Waals surface area contributed by atoms with Crippen molar-refractivity contribution in [1.29, 1.82) is 0 Å². The van der Waals surface area contributed by atoms with Gasteiger partial charge in [0.15, 0.2) is 17.5 Å². The molecule has 0 aliphatic heterocycles. The number of unbranched alkanes of at least 4 members (excludes halogenated alkanes) is 4.